The second-order valence-electron chi connectivity index (χ2n) is 7.04. The normalized spacial score (nSPS) is 18.6. The molecule has 0 N–H and O–H groups in total. The van der Waals surface area contributed by atoms with Gasteiger partial charge >= 0.3 is 0 Å². The fourth-order valence-electron chi connectivity index (χ4n) is 4.05. The van der Waals surface area contributed by atoms with Crippen molar-refractivity contribution in [3.63, 3.8) is 0 Å². The molecule has 1 atom stereocenters. The lowest BCUT2D eigenvalue weighted by atomic mass is 10.1. The second-order valence-corrected chi connectivity index (χ2v) is 9.68. The lowest BCUT2D eigenvalue weighted by molar-refractivity contribution is -0.118. The molecule has 2 heterocycles. The fourth-order valence-corrected chi connectivity index (χ4v) is 6.81. The number of para-hydroxylation sites is 1. The van der Waals surface area contributed by atoms with Gasteiger partial charge in [0, 0.05) is 29.2 Å². The third-order valence-electron chi connectivity index (χ3n) is 5.31. The summed E-state index contributed by atoms with van der Waals surface area (Å²) in [4.78, 5) is 14.2. The first-order valence-corrected chi connectivity index (χ1v) is 11.3. The van der Waals surface area contributed by atoms with Crippen LogP contribution in [0.5, 0.6) is 0 Å². The van der Waals surface area contributed by atoms with Gasteiger partial charge in [0.25, 0.3) is 10.0 Å². The first-order valence-electron chi connectivity index (χ1n) is 9.09. The summed E-state index contributed by atoms with van der Waals surface area (Å²) >= 11 is 3.46. The Morgan fingerprint density at radius 2 is 1.93 bits per heavy atom. The molecule has 0 bridgehead atoms. The molecular formula is C20H21BrN2O3S. The van der Waals surface area contributed by atoms with Crippen molar-refractivity contribution in [2.24, 2.45) is 0 Å². The summed E-state index contributed by atoms with van der Waals surface area (Å²) < 4.78 is 29.2. The summed E-state index contributed by atoms with van der Waals surface area (Å²) in [5.74, 6) is 0.0132. The van der Waals surface area contributed by atoms with Crippen molar-refractivity contribution >= 4 is 43.2 Å². The molecule has 0 saturated carbocycles. The molecule has 0 spiro atoms. The van der Waals surface area contributed by atoms with Gasteiger partial charge in [0.15, 0.2) is 0 Å². The second kappa shape index (κ2) is 6.63. The quantitative estimate of drug-likeness (QED) is 0.715. The molecule has 0 unspecified atom stereocenters. The fraction of sp³-hybridized carbons (Fsp3) is 0.350. The van der Waals surface area contributed by atoms with E-state index in [1.165, 1.54) is 4.31 Å². The predicted octanol–water partition coefficient (Wildman–Crippen LogP) is 3.89. The van der Waals surface area contributed by atoms with Crippen LogP contribution in [0.1, 0.15) is 31.4 Å². The number of hydrogen-bond donors (Lipinski definition) is 0. The van der Waals surface area contributed by atoms with Crippen LogP contribution in [0.2, 0.25) is 0 Å². The van der Waals surface area contributed by atoms with Gasteiger partial charge in [0.1, 0.15) is 4.90 Å². The van der Waals surface area contributed by atoms with Gasteiger partial charge in [-0.2, -0.15) is 0 Å². The molecule has 2 aliphatic rings. The standard InChI is InChI=1S/C20H21BrN2O3S/c1-3-20(24)22-9-8-15-11-16(21)19(12-18(15)22)27(25,26)23-13(2)10-14-6-4-5-7-17(14)23/h4-7,11-13H,3,8-10H2,1-2H3/t13-/m1/s1. The van der Waals surface area contributed by atoms with E-state index in [2.05, 4.69) is 15.9 Å². The van der Waals surface area contributed by atoms with E-state index in [1.807, 2.05) is 44.2 Å². The van der Waals surface area contributed by atoms with E-state index in [4.69, 9.17) is 0 Å². The van der Waals surface area contributed by atoms with Gasteiger partial charge in [-0.3, -0.25) is 9.10 Å². The van der Waals surface area contributed by atoms with E-state index in [0.717, 1.165) is 23.2 Å². The summed E-state index contributed by atoms with van der Waals surface area (Å²) in [6, 6.07) is 11.0. The molecule has 0 aliphatic carbocycles. The topological polar surface area (TPSA) is 57.7 Å². The maximum atomic E-state index is 13.6. The highest BCUT2D eigenvalue weighted by atomic mass is 79.9. The van der Waals surface area contributed by atoms with Crippen molar-refractivity contribution in [1.82, 2.24) is 0 Å². The van der Waals surface area contributed by atoms with Crippen molar-refractivity contribution in [3.05, 3.63) is 52.0 Å². The molecule has 0 aromatic heterocycles. The van der Waals surface area contributed by atoms with Gasteiger partial charge in [-0.15, -0.1) is 0 Å². The smallest absolute Gasteiger partial charge is 0.265 e. The van der Waals surface area contributed by atoms with Crippen LogP contribution in [0.3, 0.4) is 0 Å². The van der Waals surface area contributed by atoms with Crippen LogP contribution >= 0.6 is 15.9 Å². The Balaban J connectivity index is 1.83. The van der Waals surface area contributed by atoms with Crippen molar-refractivity contribution in [1.29, 1.82) is 0 Å². The molecule has 2 aromatic rings. The van der Waals surface area contributed by atoms with Gasteiger partial charge in [-0.1, -0.05) is 25.1 Å². The SMILES string of the molecule is CCC(=O)N1CCc2cc(Br)c(S(=O)(=O)N3c4ccccc4C[C@H]3C)cc21. The van der Waals surface area contributed by atoms with Crippen LogP contribution in [-0.2, 0) is 27.7 Å². The zero-order valence-corrected chi connectivity index (χ0v) is 17.7. The molecule has 2 aliphatic heterocycles. The first kappa shape index (κ1) is 18.5. The number of nitrogens with zero attached hydrogens (tertiary/aromatic N) is 2. The summed E-state index contributed by atoms with van der Waals surface area (Å²) in [6.45, 7) is 4.34. The van der Waals surface area contributed by atoms with Crippen molar-refractivity contribution in [3.8, 4) is 0 Å². The molecule has 4 rings (SSSR count). The third kappa shape index (κ3) is 2.88. The van der Waals surface area contributed by atoms with Crippen LogP contribution in [0.25, 0.3) is 0 Å². The molecule has 0 fully saturated rings. The predicted molar refractivity (Wildman–Crippen MR) is 110 cm³/mol. The monoisotopic (exact) mass is 448 g/mol. The summed E-state index contributed by atoms with van der Waals surface area (Å²) in [6.07, 6.45) is 1.83. The first-order chi connectivity index (χ1) is 12.8. The van der Waals surface area contributed by atoms with Gasteiger partial charge in [-0.25, -0.2) is 8.42 Å². The zero-order chi connectivity index (χ0) is 19.3. The minimum absolute atomic E-state index is 0.0132. The van der Waals surface area contributed by atoms with Gasteiger partial charge in [0.05, 0.1) is 5.69 Å². The van der Waals surface area contributed by atoms with E-state index in [1.54, 1.807) is 11.0 Å². The average molecular weight is 449 g/mol. The van der Waals surface area contributed by atoms with Crippen LogP contribution in [0.15, 0.2) is 45.8 Å². The van der Waals surface area contributed by atoms with Crippen LogP contribution in [0.4, 0.5) is 11.4 Å². The Morgan fingerprint density at radius 3 is 2.67 bits per heavy atom. The molecule has 1 amide bonds. The third-order valence-corrected chi connectivity index (χ3v) is 8.20. The van der Waals surface area contributed by atoms with Gasteiger partial charge < -0.3 is 4.90 Å². The van der Waals surface area contributed by atoms with Crippen molar-refractivity contribution < 1.29 is 13.2 Å². The Morgan fingerprint density at radius 1 is 1.19 bits per heavy atom. The van der Waals surface area contributed by atoms with Gasteiger partial charge in [0.2, 0.25) is 5.91 Å². The maximum Gasteiger partial charge on any atom is 0.265 e. The number of fused-ring (bicyclic) bond motifs is 2. The van der Waals surface area contributed by atoms with Crippen molar-refractivity contribution in [2.75, 3.05) is 15.7 Å². The van der Waals surface area contributed by atoms with Crippen LogP contribution in [0, 0.1) is 0 Å². The molecule has 0 radical (unpaired) electrons. The number of sulfonamides is 1. The zero-order valence-electron chi connectivity index (χ0n) is 15.3. The number of benzene rings is 2. The molecule has 2 aromatic carbocycles. The van der Waals surface area contributed by atoms with Crippen molar-refractivity contribution in [2.45, 2.75) is 44.0 Å². The lowest BCUT2D eigenvalue weighted by Gasteiger charge is -2.26. The van der Waals surface area contributed by atoms with Crippen LogP contribution in [-0.4, -0.2) is 26.9 Å². The van der Waals surface area contributed by atoms with Gasteiger partial charge in [-0.05, 0) is 65.0 Å². The highest BCUT2D eigenvalue weighted by Crippen LogP contribution is 2.41. The number of hydrogen-bond acceptors (Lipinski definition) is 3. The summed E-state index contributed by atoms with van der Waals surface area (Å²) in [7, 11) is -3.76. The number of rotatable bonds is 3. The van der Waals surface area contributed by atoms with E-state index in [9.17, 15) is 13.2 Å². The van der Waals surface area contributed by atoms with E-state index < -0.39 is 10.0 Å². The Labute approximate surface area is 168 Å². The molecule has 7 heteroatoms. The molecule has 142 valence electrons. The van der Waals surface area contributed by atoms with E-state index in [-0.39, 0.29) is 16.8 Å². The largest absolute Gasteiger partial charge is 0.312 e. The minimum atomic E-state index is -3.76. The van der Waals surface area contributed by atoms with E-state index in [0.29, 0.717) is 29.5 Å². The summed E-state index contributed by atoms with van der Waals surface area (Å²) in [5, 5.41) is 0. The van der Waals surface area contributed by atoms with Crippen LogP contribution < -0.4 is 9.21 Å². The number of carbonyl (C=O) groups is 1. The molecule has 5 nitrogen and oxygen atoms in total. The molecule has 27 heavy (non-hydrogen) atoms. The number of anilines is 2. The summed E-state index contributed by atoms with van der Waals surface area (Å²) in [5.41, 5.74) is 3.48. The highest BCUT2D eigenvalue weighted by Gasteiger charge is 2.38. The lowest BCUT2D eigenvalue weighted by Crippen LogP contribution is -2.36. The molecular weight excluding hydrogens is 428 g/mol. The number of halogens is 1. The number of amides is 1. The number of carbonyl (C=O) groups excluding carboxylic acids is 1. The Kier molecular flexibility index (Phi) is 4.55. The Hall–Kier alpha value is -1.86. The minimum Gasteiger partial charge on any atom is -0.312 e. The Bertz CT molecular complexity index is 1040. The highest BCUT2D eigenvalue weighted by molar-refractivity contribution is 9.10. The van der Waals surface area contributed by atoms with E-state index >= 15 is 0 Å². The average Bonchev–Trinajstić information content (AvgIpc) is 3.19. The maximum absolute atomic E-state index is 13.6. The molecule has 0 saturated heterocycles.